The highest BCUT2D eigenvalue weighted by molar-refractivity contribution is 7.91. The molecule has 0 radical (unpaired) electrons. The first-order chi connectivity index (χ1) is 13.8. The first-order valence-electron chi connectivity index (χ1n) is 8.65. The van der Waals surface area contributed by atoms with Crippen molar-refractivity contribution in [2.24, 2.45) is 14.1 Å². The third-order valence-corrected chi connectivity index (χ3v) is 6.52. The molecule has 29 heavy (non-hydrogen) atoms. The van der Waals surface area contributed by atoms with Gasteiger partial charge in [0.05, 0.1) is 32.8 Å². The molecule has 0 atom stereocenters. The van der Waals surface area contributed by atoms with Crippen LogP contribution in [0.5, 0.6) is 0 Å². The highest BCUT2D eigenvalue weighted by Gasteiger charge is 2.25. The average molecular weight is 411 g/mol. The molecule has 2 aromatic heterocycles. The largest absolute Gasteiger partial charge is 0.459 e. The first-order valence-corrected chi connectivity index (χ1v) is 10.1. The summed E-state index contributed by atoms with van der Waals surface area (Å²) in [4.78, 5) is 24.8. The number of furan rings is 1. The Morgan fingerprint density at radius 2 is 1.62 bits per heavy atom. The van der Waals surface area contributed by atoms with Crippen molar-refractivity contribution in [3.8, 4) is 0 Å². The van der Waals surface area contributed by atoms with Gasteiger partial charge in [0.15, 0.2) is 5.76 Å². The number of nitrogens with one attached hydrogen (secondary N) is 1. The molecule has 1 N–H and O–H groups in total. The predicted molar refractivity (Wildman–Crippen MR) is 107 cm³/mol. The fourth-order valence-electron chi connectivity index (χ4n) is 3.16. The minimum absolute atomic E-state index is 0.0371. The van der Waals surface area contributed by atoms with Gasteiger partial charge in [-0.3, -0.25) is 13.9 Å². The van der Waals surface area contributed by atoms with E-state index in [4.69, 9.17) is 4.42 Å². The van der Waals surface area contributed by atoms with E-state index in [0.717, 1.165) is 0 Å². The number of nitrogens with zero attached hydrogens (tertiary/aromatic N) is 2. The number of imidazole rings is 1. The van der Waals surface area contributed by atoms with Crippen molar-refractivity contribution < 1.29 is 17.6 Å². The monoisotopic (exact) mass is 411 g/mol. The zero-order valence-corrected chi connectivity index (χ0v) is 16.4. The zero-order chi connectivity index (χ0) is 20.8. The summed E-state index contributed by atoms with van der Waals surface area (Å²) in [6.07, 6.45) is 1.35. The number of hydrogen-bond acceptors (Lipinski definition) is 5. The Balaban J connectivity index is 1.97. The van der Waals surface area contributed by atoms with E-state index in [0.29, 0.717) is 11.0 Å². The molecule has 8 nitrogen and oxygen atoms in total. The number of amides is 1. The molecular formula is C20H17N3O5S. The summed E-state index contributed by atoms with van der Waals surface area (Å²) >= 11 is 0. The Hall–Kier alpha value is -3.59. The molecule has 9 heteroatoms. The Bertz CT molecular complexity index is 1380. The van der Waals surface area contributed by atoms with Crippen LogP contribution in [0.3, 0.4) is 0 Å². The van der Waals surface area contributed by atoms with Gasteiger partial charge >= 0.3 is 5.69 Å². The molecule has 4 aromatic rings. The molecule has 0 saturated carbocycles. The van der Waals surface area contributed by atoms with Crippen LogP contribution in [0.4, 0.5) is 5.69 Å². The normalized spacial score (nSPS) is 11.7. The lowest BCUT2D eigenvalue weighted by atomic mass is 10.2. The van der Waals surface area contributed by atoms with Crippen LogP contribution in [0, 0.1) is 0 Å². The molecule has 0 aliphatic rings. The maximum Gasteiger partial charge on any atom is 0.328 e. The van der Waals surface area contributed by atoms with E-state index in [1.807, 2.05) is 0 Å². The molecule has 0 unspecified atom stereocenters. The van der Waals surface area contributed by atoms with Gasteiger partial charge in [-0.2, -0.15) is 0 Å². The van der Waals surface area contributed by atoms with E-state index >= 15 is 0 Å². The lowest BCUT2D eigenvalue weighted by Crippen LogP contribution is -2.19. The van der Waals surface area contributed by atoms with Crippen LogP contribution in [0.2, 0.25) is 0 Å². The topological polar surface area (TPSA) is 103 Å². The molecule has 2 heterocycles. The summed E-state index contributed by atoms with van der Waals surface area (Å²) in [7, 11) is -0.828. The van der Waals surface area contributed by atoms with Crippen LogP contribution in [0.1, 0.15) is 10.6 Å². The van der Waals surface area contributed by atoms with Crippen LogP contribution in [0.15, 0.2) is 79.9 Å². The van der Waals surface area contributed by atoms with Gasteiger partial charge in [0.2, 0.25) is 9.84 Å². The SMILES string of the molecule is Cn1c(=O)n(C)c2cc(S(=O)(=O)c3ccccc3)c(NC(=O)c3ccco3)cc21. The molecular weight excluding hydrogens is 394 g/mol. The molecule has 0 aliphatic carbocycles. The minimum Gasteiger partial charge on any atom is -0.459 e. The van der Waals surface area contributed by atoms with Gasteiger partial charge in [0.1, 0.15) is 0 Å². The summed E-state index contributed by atoms with van der Waals surface area (Å²) in [6, 6.07) is 13.8. The Labute approximate surface area is 165 Å². The third-order valence-electron chi connectivity index (χ3n) is 4.71. The molecule has 2 aromatic carbocycles. The van der Waals surface area contributed by atoms with Gasteiger partial charge < -0.3 is 9.73 Å². The average Bonchev–Trinajstić information content (AvgIpc) is 3.33. The minimum atomic E-state index is -3.97. The number of hydrogen-bond donors (Lipinski definition) is 1. The summed E-state index contributed by atoms with van der Waals surface area (Å²) in [6.45, 7) is 0. The molecule has 0 aliphatic heterocycles. The van der Waals surface area contributed by atoms with Gasteiger partial charge in [-0.05, 0) is 36.4 Å². The highest BCUT2D eigenvalue weighted by Crippen LogP contribution is 2.32. The molecule has 148 valence electrons. The van der Waals surface area contributed by atoms with Crippen molar-refractivity contribution in [3.63, 3.8) is 0 Å². The van der Waals surface area contributed by atoms with Crippen molar-refractivity contribution in [2.45, 2.75) is 9.79 Å². The van der Waals surface area contributed by atoms with E-state index in [-0.39, 0.29) is 26.9 Å². The maximum atomic E-state index is 13.3. The predicted octanol–water partition coefficient (Wildman–Crippen LogP) is 2.56. The van der Waals surface area contributed by atoms with Crippen LogP contribution in [0.25, 0.3) is 11.0 Å². The van der Waals surface area contributed by atoms with Crippen molar-refractivity contribution in [3.05, 3.63) is 77.1 Å². The Morgan fingerprint density at radius 1 is 0.966 bits per heavy atom. The van der Waals surface area contributed by atoms with Crippen molar-refractivity contribution in [1.82, 2.24) is 9.13 Å². The highest BCUT2D eigenvalue weighted by atomic mass is 32.2. The van der Waals surface area contributed by atoms with Crippen LogP contribution in [-0.2, 0) is 23.9 Å². The number of sulfone groups is 1. The van der Waals surface area contributed by atoms with Gasteiger partial charge in [-0.1, -0.05) is 18.2 Å². The number of aromatic nitrogens is 2. The number of anilines is 1. The van der Waals surface area contributed by atoms with E-state index < -0.39 is 15.7 Å². The van der Waals surface area contributed by atoms with Gasteiger partial charge in [-0.15, -0.1) is 0 Å². The fraction of sp³-hybridized carbons (Fsp3) is 0.100. The Kier molecular flexibility index (Phi) is 4.39. The van der Waals surface area contributed by atoms with Crippen LogP contribution in [-0.4, -0.2) is 23.5 Å². The fourth-order valence-corrected chi connectivity index (χ4v) is 4.60. The molecule has 0 saturated heterocycles. The van der Waals surface area contributed by atoms with E-state index in [1.165, 1.54) is 45.7 Å². The molecule has 0 bridgehead atoms. The van der Waals surface area contributed by atoms with Gasteiger partial charge in [-0.25, -0.2) is 13.2 Å². The van der Waals surface area contributed by atoms with Gasteiger partial charge in [0.25, 0.3) is 5.91 Å². The van der Waals surface area contributed by atoms with E-state index in [9.17, 15) is 18.0 Å². The second-order valence-corrected chi connectivity index (χ2v) is 8.40. The lowest BCUT2D eigenvalue weighted by Gasteiger charge is -2.13. The van der Waals surface area contributed by atoms with Crippen molar-refractivity contribution in [1.29, 1.82) is 0 Å². The molecule has 0 fully saturated rings. The first kappa shape index (κ1) is 18.8. The van der Waals surface area contributed by atoms with Crippen LogP contribution < -0.4 is 11.0 Å². The smallest absolute Gasteiger partial charge is 0.328 e. The summed E-state index contributed by atoms with van der Waals surface area (Å²) in [5.74, 6) is -0.560. The maximum absolute atomic E-state index is 13.3. The number of aryl methyl sites for hydroxylation is 2. The zero-order valence-electron chi connectivity index (χ0n) is 15.6. The van der Waals surface area contributed by atoms with Crippen molar-refractivity contribution in [2.75, 3.05) is 5.32 Å². The number of fused-ring (bicyclic) bond motifs is 1. The summed E-state index contributed by atoms with van der Waals surface area (Å²) in [5.41, 5.74) is 0.670. The second-order valence-electron chi connectivity index (χ2n) is 6.49. The Morgan fingerprint density at radius 3 is 2.24 bits per heavy atom. The second kappa shape index (κ2) is 6.78. The van der Waals surface area contributed by atoms with E-state index in [2.05, 4.69) is 5.32 Å². The lowest BCUT2D eigenvalue weighted by molar-refractivity contribution is 0.0996. The number of benzene rings is 2. The van der Waals surface area contributed by atoms with E-state index in [1.54, 1.807) is 38.4 Å². The van der Waals surface area contributed by atoms with Gasteiger partial charge in [0, 0.05) is 14.1 Å². The number of carbonyl (C=O) groups is 1. The number of carbonyl (C=O) groups excluding carboxylic acids is 1. The van der Waals surface area contributed by atoms with Crippen molar-refractivity contribution >= 4 is 32.5 Å². The molecule has 1 amide bonds. The molecule has 4 rings (SSSR count). The summed E-state index contributed by atoms with van der Waals surface area (Å²) < 4.78 is 34.4. The molecule has 0 spiro atoms. The summed E-state index contributed by atoms with van der Waals surface area (Å²) in [5, 5.41) is 2.60. The van der Waals surface area contributed by atoms with Crippen LogP contribution >= 0.6 is 0 Å². The quantitative estimate of drug-likeness (QED) is 0.556. The third kappa shape index (κ3) is 3.05. The number of rotatable bonds is 4. The standard InChI is InChI=1S/C20H17N3O5S/c1-22-15-11-14(21-19(24)17-9-6-10-28-17)18(12-16(15)23(2)20(22)25)29(26,27)13-7-4-3-5-8-13/h3-12H,1-2H3,(H,21,24).